The fraction of sp³-hybridized carbons (Fsp3) is 0.583. The van der Waals surface area contributed by atoms with Gasteiger partial charge < -0.3 is 15.0 Å². The van der Waals surface area contributed by atoms with Gasteiger partial charge in [0.25, 0.3) is 5.88 Å². The minimum atomic E-state index is -0.487. The monoisotopic (exact) mass is 268 g/mol. The van der Waals surface area contributed by atoms with Crippen LogP contribution in [0.15, 0.2) is 12.1 Å². The molecular weight excluding hydrogens is 248 g/mol. The highest BCUT2D eigenvalue weighted by Gasteiger charge is 2.17. The highest BCUT2D eigenvalue weighted by molar-refractivity contribution is 5.48. The Kier molecular flexibility index (Phi) is 6.01. The van der Waals surface area contributed by atoms with E-state index < -0.39 is 4.92 Å². The van der Waals surface area contributed by atoms with Crippen LogP contribution in [0.25, 0.3) is 0 Å². The number of ether oxygens (including phenoxy) is 1. The second-order valence-electron chi connectivity index (χ2n) is 3.90. The molecule has 0 amide bonds. The van der Waals surface area contributed by atoms with Gasteiger partial charge in [0.1, 0.15) is 12.4 Å². The number of rotatable bonds is 8. The molecule has 1 aromatic heterocycles. The molecule has 19 heavy (non-hydrogen) atoms. The van der Waals surface area contributed by atoms with E-state index in [1.807, 2.05) is 0 Å². The maximum absolute atomic E-state index is 10.9. The first-order valence-electron chi connectivity index (χ1n) is 6.30. The van der Waals surface area contributed by atoms with Crippen molar-refractivity contribution < 1.29 is 9.66 Å². The summed E-state index contributed by atoms with van der Waals surface area (Å²) in [5.41, 5.74) is -0.112. The lowest BCUT2D eigenvalue weighted by Crippen LogP contribution is -2.28. The van der Waals surface area contributed by atoms with Crippen molar-refractivity contribution in [3.8, 4) is 5.88 Å². The van der Waals surface area contributed by atoms with Crippen molar-refractivity contribution in [2.75, 3.05) is 38.6 Å². The van der Waals surface area contributed by atoms with E-state index in [2.05, 4.69) is 29.0 Å². The number of hydrogen-bond acceptors (Lipinski definition) is 6. The van der Waals surface area contributed by atoms with Gasteiger partial charge in [0.2, 0.25) is 0 Å². The summed E-state index contributed by atoms with van der Waals surface area (Å²) in [5, 5.41) is 13.7. The van der Waals surface area contributed by atoms with E-state index in [1.165, 1.54) is 6.07 Å². The Morgan fingerprint density at radius 3 is 2.63 bits per heavy atom. The normalized spacial score (nSPS) is 10.5. The van der Waals surface area contributed by atoms with Gasteiger partial charge in [0, 0.05) is 19.7 Å². The SMILES string of the molecule is CCN(CC)CCOc1nc(NC)ccc1[N+](=O)[O-]. The number of likely N-dealkylation sites (N-methyl/N-ethyl adjacent to an activating group) is 1. The summed E-state index contributed by atoms with van der Waals surface area (Å²) in [6.07, 6.45) is 0. The van der Waals surface area contributed by atoms with E-state index in [1.54, 1.807) is 13.1 Å². The van der Waals surface area contributed by atoms with Gasteiger partial charge in [-0.3, -0.25) is 10.1 Å². The molecule has 0 saturated carbocycles. The summed E-state index contributed by atoms with van der Waals surface area (Å²) in [4.78, 5) is 16.6. The molecule has 0 radical (unpaired) electrons. The van der Waals surface area contributed by atoms with Gasteiger partial charge in [-0.1, -0.05) is 13.8 Å². The Hall–Kier alpha value is -1.89. The molecule has 1 rings (SSSR count). The summed E-state index contributed by atoms with van der Waals surface area (Å²) in [7, 11) is 1.70. The quantitative estimate of drug-likeness (QED) is 0.571. The second-order valence-corrected chi connectivity index (χ2v) is 3.90. The molecule has 0 aromatic carbocycles. The molecule has 0 aliphatic rings. The van der Waals surface area contributed by atoms with Crippen molar-refractivity contribution in [1.82, 2.24) is 9.88 Å². The Labute approximate surface area is 112 Å². The average molecular weight is 268 g/mol. The minimum absolute atomic E-state index is 0.0593. The zero-order valence-electron chi connectivity index (χ0n) is 11.5. The van der Waals surface area contributed by atoms with Gasteiger partial charge in [-0.05, 0) is 19.2 Å². The summed E-state index contributed by atoms with van der Waals surface area (Å²) in [6.45, 7) is 7.06. The topological polar surface area (TPSA) is 80.5 Å². The van der Waals surface area contributed by atoms with Crippen molar-refractivity contribution >= 4 is 11.5 Å². The molecule has 7 heteroatoms. The molecule has 0 spiro atoms. The Morgan fingerprint density at radius 1 is 1.42 bits per heavy atom. The number of nitro groups is 1. The number of nitrogens with one attached hydrogen (secondary N) is 1. The largest absolute Gasteiger partial charge is 0.471 e. The van der Waals surface area contributed by atoms with E-state index in [0.29, 0.717) is 12.4 Å². The number of aromatic nitrogens is 1. The van der Waals surface area contributed by atoms with E-state index in [9.17, 15) is 10.1 Å². The first-order chi connectivity index (χ1) is 9.12. The molecule has 7 nitrogen and oxygen atoms in total. The molecule has 1 aromatic rings. The second kappa shape index (κ2) is 7.52. The molecule has 0 unspecified atom stereocenters. The third kappa shape index (κ3) is 4.36. The van der Waals surface area contributed by atoms with Crippen molar-refractivity contribution in [2.24, 2.45) is 0 Å². The standard InChI is InChI=1S/C12H20N4O3/c1-4-15(5-2)8-9-19-12-10(16(17)18)6-7-11(13-3)14-12/h6-7H,4-5,8-9H2,1-3H3,(H,13,14). The van der Waals surface area contributed by atoms with Crippen LogP contribution in [0.2, 0.25) is 0 Å². The molecule has 0 aliphatic heterocycles. The zero-order valence-corrected chi connectivity index (χ0v) is 11.5. The Morgan fingerprint density at radius 2 is 2.11 bits per heavy atom. The molecule has 1 N–H and O–H groups in total. The van der Waals surface area contributed by atoms with Gasteiger partial charge in [-0.15, -0.1) is 0 Å². The van der Waals surface area contributed by atoms with Crippen LogP contribution in [0.4, 0.5) is 11.5 Å². The van der Waals surface area contributed by atoms with Crippen LogP contribution in [0.5, 0.6) is 5.88 Å². The molecule has 0 aliphatic carbocycles. The summed E-state index contributed by atoms with van der Waals surface area (Å²) in [6, 6.07) is 2.95. The number of anilines is 1. The minimum Gasteiger partial charge on any atom is -0.471 e. The lowest BCUT2D eigenvalue weighted by molar-refractivity contribution is -0.386. The van der Waals surface area contributed by atoms with E-state index in [4.69, 9.17) is 4.74 Å². The number of pyridine rings is 1. The van der Waals surface area contributed by atoms with E-state index >= 15 is 0 Å². The number of hydrogen-bond donors (Lipinski definition) is 1. The van der Waals surface area contributed by atoms with Crippen LogP contribution in [0.1, 0.15) is 13.8 Å². The van der Waals surface area contributed by atoms with Crippen LogP contribution >= 0.6 is 0 Å². The first-order valence-corrected chi connectivity index (χ1v) is 6.30. The lowest BCUT2D eigenvalue weighted by atomic mass is 10.4. The van der Waals surface area contributed by atoms with Crippen molar-refractivity contribution in [1.29, 1.82) is 0 Å². The Bertz CT molecular complexity index is 421. The van der Waals surface area contributed by atoms with Crippen LogP contribution in [-0.4, -0.2) is 48.1 Å². The molecule has 106 valence electrons. The van der Waals surface area contributed by atoms with Gasteiger partial charge in [0.05, 0.1) is 4.92 Å². The highest BCUT2D eigenvalue weighted by Crippen LogP contribution is 2.25. The van der Waals surface area contributed by atoms with Crippen LogP contribution in [0, 0.1) is 10.1 Å². The highest BCUT2D eigenvalue weighted by atomic mass is 16.6. The fourth-order valence-corrected chi connectivity index (χ4v) is 1.63. The van der Waals surface area contributed by atoms with E-state index in [-0.39, 0.29) is 11.6 Å². The van der Waals surface area contributed by atoms with Crippen molar-refractivity contribution in [2.45, 2.75) is 13.8 Å². The van der Waals surface area contributed by atoms with Crippen molar-refractivity contribution in [3.05, 3.63) is 22.2 Å². The summed E-state index contributed by atoms with van der Waals surface area (Å²) >= 11 is 0. The molecule has 0 atom stereocenters. The fourth-order valence-electron chi connectivity index (χ4n) is 1.63. The molecule has 0 bridgehead atoms. The van der Waals surface area contributed by atoms with Gasteiger partial charge in [-0.25, -0.2) is 0 Å². The smallest absolute Gasteiger partial charge is 0.331 e. The lowest BCUT2D eigenvalue weighted by Gasteiger charge is -2.17. The first kappa shape index (κ1) is 15.2. The van der Waals surface area contributed by atoms with Gasteiger partial charge >= 0.3 is 5.69 Å². The zero-order chi connectivity index (χ0) is 14.3. The predicted octanol–water partition coefficient (Wildman–Crippen LogP) is 1.75. The van der Waals surface area contributed by atoms with Crippen LogP contribution in [-0.2, 0) is 0 Å². The van der Waals surface area contributed by atoms with E-state index in [0.717, 1.165) is 19.6 Å². The van der Waals surface area contributed by atoms with Crippen LogP contribution in [0.3, 0.4) is 0 Å². The maximum Gasteiger partial charge on any atom is 0.331 e. The van der Waals surface area contributed by atoms with Crippen LogP contribution < -0.4 is 10.1 Å². The van der Waals surface area contributed by atoms with Crippen molar-refractivity contribution in [3.63, 3.8) is 0 Å². The molecule has 0 fully saturated rings. The summed E-state index contributed by atoms with van der Waals surface area (Å²) < 4.78 is 5.44. The number of nitrogens with zero attached hydrogens (tertiary/aromatic N) is 3. The molecule has 0 saturated heterocycles. The average Bonchev–Trinajstić information content (AvgIpc) is 2.43. The third-order valence-corrected chi connectivity index (χ3v) is 2.83. The third-order valence-electron chi connectivity index (χ3n) is 2.83. The maximum atomic E-state index is 10.9. The predicted molar refractivity (Wildman–Crippen MR) is 73.7 cm³/mol. The molecule has 1 heterocycles. The Balaban J connectivity index is 2.72. The van der Waals surface area contributed by atoms with Gasteiger partial charge in [-0.2, -0.15) is 4.98 Å². The van der Waals surface area contributed by atoms with Gasteiger partial charge in [0.15, 0.2) is 0 Å². The summed E-state index contributed by atoms with van der Waals surface area (Å²) in [5.74, 6) is 0.604. The molecular formula is C12H20N4O3.